The summed E-state index contributed by atoms with van der Waals surface area (Å²) in [6.45, 7) is 3.91. The van der Waals surface area contributed by atoms with Gasteiger partial charge in [0.15, 0.2) is 11.6 Å². The monoisotopic (exact) mass is 269 g/mol. The molecule has 1 aromatic carbocycles. The first-order valence-electron chi connectivity index (χ1n) is 6.29. The van der Waals surface area contributed by atoms with Crippen molar-refractivity contribution in [1.29, 1.82) is 0 Å². The van der Waals surface area contributed by atoms with E-state index in [1.165, 1.54) is 6.07 Å². The zero-order chi connectivity index (χ0) is 13.8. The molecule has 104 valence electrons. The largest absolute Gasteiger partial charge is 0.378 e. The number of imidazole rings is 1. The van der Waals surface area contributed by atoms with Crippen LogP contribution in [-0.4, -0.2) is 29.3 Å². The highest BCUT2D eigenvalue weighted by atomic mass is 19.2. The number of rotatable bonds is 6. The molecule has 2 N–H and O–H groups in total. The topological polar surface area (TPSA) is 53.1 Å². The van der Waals surface area contributed by atoms with E-state index in [0.29, 0.717) is 43.8 Å². The number of hydrogen-bond donors (Lipinski definition) is 1. The Balaban J connectivity index is 2.31. The number of nitrogens with two attached hydrogens (primary N) is 1. The van der Waals surface area contributed by atoms with E-state index in [2.05, 4.69) is 4.98 Å². The maximum Gasteiger partial charge on any atom is 0.161 e. The van der Waals surface area contributed by atoms with Crippen molar-refractivity contribution in [3.8, 4) is 0 Å². The number of nitrogens with zero attached hydrogens (tertiary/aromatic N) is 2. The van der Waals surface area contributed by atoms with Crippen LogP contribution < -0.4 is 5.73 Å². The summed E-state index contributed by atoms with van der Waals surface area (Å²) >= 11 is 0. The SMILES string of the molecule is CCc1nc2cc(F)c(F)cc2n1CCOCCN. The molecule has 0 atom stereocenters. The third-order valence-electron chi connectivity index (χ3n) is 2.91. The highest BCUT2D eigenvalue weighted by Crippen LogP contribution is 2.20. The zero-order valence-electron chi connectivity index (χ0n) is 10.8. The van der Waals surface area contributed by atoms with Gasteiger partial charge in [-0.05, 0) is 0 Å². The Hall–Kier alpha value is -1.53. The fourth-order valence-corrected chi connectivity index (χ4v) is 2.03. The summed E-state index contributed by atoms with van der Waals surface area (Å²) in [7, 11) is 0. The molecular formula is C13H17F2N3O. The molecule has 1 aromatic heterocycles. The van der Waals surface area contributed by atoms with Crippen LogP contribution in [0, 0.1) is 11.6 Å². The van der Waals surface area contributed by atoms with Crippen LogP contribution in [0.15, 0.2) is 12.1 Å². The van der Waals surface area contributed by atoms with Crippen LogP contribution in [0.5, 0.6) is 0 Å². The Kier molecular flexibility index (Phi) is 4.44. The van der Waals surface area contributed by atoms with E-state index in [4.69, 9.17) is 10.5 Å². The van der Waals surface area contributed by atoms with Gasteiger partial charge in [-0.25, -0.2) is 13.8 Å². The summed E-state index contributed by atoms with van der Waals surface area (Å²) < 4.78 is 33.7. The van der Waals surface area contributed by atoms with E-state index in [-0.39, 0.29) is 0 Å². The summed E-state index contributed by atoms with van der Waals surface area (Å²) in [4.78, 5) is 4.31. The summed E-state index contributed by atoms with van der Waals surface area (Å²) in [5.74, 6) is -0.949. The molecule has 0 amide bonds. The van der Waals surface area contributed by atoms with Crippen molar-refractivity contribution < 1.29 is 13.5 Å². The van der Waals surface area contributed by atoms with Gasteiger partial charge in [0.05, 0.1) is 24.2 Å². The van der Waals surface area contributed by atoms with E-state index < -0.39 is 11.6 Å². The number of hydrogen-bond acceptors (Lipinski definition) is 3. The Labute approximate surface area is 110 Å². The minimum absolute atomic E-state index is 0.463. The first-order valence-corrected chi connectivity index (χ1v) is 6.29. The lowest BCUT2D eigenvalue weighted by molar-refractivity contribution is 0.133. The number of aryl methyl sites for hydroxylation is 1. The molecule has 0 saturated heterocycles. The van der Waals surface area contributed by atoms with Gasteiger partial charge in [0, 0.05) is 31.6 Å². The first-order chi connectivity index (χ1) is 9.17. The lowest BCUT2D eigenvalue weighted by Gasteiger charge is -2.08. The third-order valence-corrected chi connectivity index (χ3v) is 2.91. The molecule has 6 heteroatoms. The van der Waals surface area contributed by atoms with Gasteiger partial charge in [-0.15, -0.1) is 0 Å². The van der Waals surface area contributed by atoms with Crippen molar-refractivity contribution in [1.82, 2.24) is 9.55 Å². The van der Waals surface area contributed by atoms with E-state index in [1.54, 1.807) is 0 Å². The van der Waals surface area contributed by atoms with Crippen LogP contribution in [0.2, 0.25) is 0 Å². The number of benzene rings is 1. The molecule has 1 heterocycles. The van der Waals surface area contributed by atoms with Gasteiger partial charge >= 0.3 is 0 Å². The van der Waals surface area contributed by atoms with Crippen LogP contribution in [0.25, 0.3) is 11.0 Å². The smallest absolute Gasteiger partial charge is 0.161 e. The van der Waals surface area contributed by atoms with E-state index in [9.17, 15) is 8.78 Å². The normalized spacial score (nSPS) is 11.4. The van der Waals surface area contributed by atoms with Crippen molar-refractivity contribution in [2.24, 2.45) is 5.73 Å². The van der Waals surface area contributed by atoms with Gasteiger partial charge < -0.3 is 15.0 Å². The fraction of sp³-hybridized carbons (Fsp3) is 0.462. The van der Waals surface area contributed by atoms with Gasteiger partial charge in [-0.1, -0.05) is 6.92 Å². The molecule has 2 aromatic rings. The average Bonchev–Trinajstić information content (AvgIpc) is 2.73. The predicted octanol–water partition coefficient (Wildman–Crippen LogP) is 1.85. The van der Waals surface area contributed by atoms with E-state index in [1.807, 2.05) is 11.5 Å². The van der Waals surface area contributed by atoms with Crippen LogP contribution in [-0.2, 0) is 17.7 Å². The number of halogens is 2. The quantitative estimate of drug-likeness (QED) is 0.814. The number of ether oxygens (including phenoxy) is 1. The van der Waals surface area contributed by atoms with Crippen LogP contribution in [0.3, 0.4) is 0 Å². The molecule has 0 bridgehead atoms. The first kappa shape index (κ1) is 13.9. The fourth-order valence-electron chi connectivity index (χ4n) is 2.03. The zero-order valence-corrected chi connectivity index (χ0v) is 10.8. The lowest BCUT2D eigenvalue weighted by atomic mass is 10.3. The average molecular weight is 269 g/mol. The molecule has 0 aliphatic heterocycles. The molecule has 0 unspecified atom stereocenters. The molecule has 0 fully saturated rings. The predicted molar refractivity (Wildman–Crippen MR) is 68.9 cm³/mol. The molecule has 19 heavy (non-hydrogen) atoms. The van der Waals surface area contributed by atoms with Gasteiger partial charge in [0.1, 0.15) is 5.82 Å². The molecule has 0 aliphatic carbocycles. The molecule has 0 spiro atoms. The van der Waals surface area contributed by atoms with Gasteiger partial charge in [0.25, 0.3) is 0 Å². The maximum absolute atomic E-state index is 13.3. The van der Waals surface area contributed by atoms with Crippen molar-refractivity contribution in [3.05, 3.63) is 29.6 Å². The van der Waals surface area contributed by atoms with Crippen LogP contribution >= 0.6 is 0 Å². The van der Waals surface area contributed by atoms with Gasteiger partial charge in [-0.2, -0.15) is 0 Å². The Morgan fingerprint density at radius 2 is 2.00 bits per heavy atom. The summed E-state index contributed by atoms with van der Waals surface area (Å²) in [5, 5.41) is 0. The molecule has 2 rings (SSSR count). The van der Waals surface area contributed by atoms with Crippen molar-refractivity contribution >= 4 is 11.0 Å². The second kappa shape index (κ2) is 6.08. The molecular weight excluding hydrogens is 252 g/mol. The highest BCUT2D eigenvalue weighted by molar-refractivity contribution is 5.76. The minimum Gasteiger partial charge on any atom is -0.378 e. The molecule has 0 aliphatic rings. The molecule has 0 saturated carbocycles. The molecule has 4 nitrogen and oxygen atoms in total. The van der Waals surface area contributed by atoms with E-state index >= 15 is 0 Å². The van der Waals surface area contributed by atoms with Crippen LogP contribution in [0.1, 0.15) is 12.7 Å². The minimum atomic E-state index is -0.876. The summed E-state index contributed by atoms with van der Waals surface area (Å²) in [5.41, 5.74) is 6.39. The maximum atomic E-state index is 13.3. The van der Waals surface area contributed by atoms with Crippen molar-refractivity contribution in [3.63, 3.8) is 0 Å². The Morgan fingerprint density at radius 1 is 1.26 bits per heavy atom. The Bertz CT molecular complexity index is 569. The summed E-state index contributed by atoms with van der Waals surface area (Å²) in [6, 6.07) is 2.31. The van der Waals surface area contributed by atoms with E-state index in [0.717, 1.165) is 11.9 Å². The summed E-state index contributed by atoms with van der Waals surface area (Å²) in [6.07, 6.45) is 0.689. The number of aromatic nitrogens is 2. The van der Waals surface area contributed by atoms with Crippen LogP contribution in [0.4, 0.5) is 8.78 Å². The second-order valence-electron chi connectivity index (χ2n) is 4.19. The lowest BCUT2D eigenvalue weighted by Crippen LogP contribution is -2.13. The highest BCUT2D eigenvalue weighted by Gasteiger charge is 2.13. The van der Waals surface area contributed by atoms with Crippen molar-refractivity contribution in [2.45, 2.75) is 19.9 Å². The standard InChI is InChI=1S/C13H17F2N3O/c1-2-13-17-11-7-9(14)10(15)8-12(11)18(13)4-6-19-5-3-16/h7-8H,2-6,16H2,1H3. The van der Waals surface area contributed by atoms with Gasteiger partial charge in [0.2, 0.25) is 0 Å². The molecule has 0 radical (unpaired) electrons. The van der Waals surface area contributed by atoms with Gasteiger partial charge in [-0.3, -0.25) is 0 Å². The second-order valence-corrected chi connectivity index (χ2v) is 4.19. The number of fused-ring (bicyclic) bond motifs is 1. The Morgan fingerprint density at radius 3 is 2.68 bits per heavy atom. The van der Waals surface area contributed by atoms with Crippen molar-refractivity contribution in [2.75, 3.05) is 19.8 Å². The third kappa shape index (κ3) is 2.90.